The number of hydrogen-bond donors (Lipinski definition) is 0. The van der Waals surface area contributed by atoms with Crippen LogP contribution in [0, 0.1) is 9.81 Å². The molecule has 0 saturated heterocycles. The van der Waals surface area contributed by atoms with Gasteiger partial charge in [-0.25, -0.2) is 0 Å². The fourth-order valence-electron chi connectivity index (χ4n) is 1.99. The van der Waals surface area contributed by atoms with Gasteiger partial charge in [0.05, 0.1) is 2.88 Å². The standard InChI is InChI=1S/C16H12I2S3/c1-9-7-15(20-14(9)8-10(2)17)13-4-3-11(19-13)12-5-6-16(18)21-12/h3-8H,1-2H3/b10-8+. The molecule has 0 saturated carbocycles. The molecular formula is C16H12I2S3. The smallest absolute Gasteiger partial charge is 0.0660 e. The lowest BCUT2D eigenvalue weighted by Gasteiger charge is -1.91. The summed E-state index contributed by atoms with van der Waals surface area (Å²) < 4.78 is 2.67. The number of thiophene rings is 3. The average molecular weight is 554 g/mol. The van der Waals surface area contributed by atoms with E-state index in [1.165, 1.54) is 36.4 Å². The van der Waals surface area contributed by atoms with Crippen LogP contribution in [0.1, 0.15) is 17.4 Å². The van der Waals surface area contributed by atoms with Gasteiger partial charge in [0.15, 0.2) is 0 Å². The maximum absolute atomic E-state index is 2.38. The van der Waals surface area contributed by atoms with Crippen molar-refractivity contribution in [3.63, 3.8) is 0 Å². The lowest BCUT2D eigenvalue weighted by Crippen LogP contribution is -1.67. The summed E-state index contributed by atoms with van der Waals surface area (Å²) >= 11 is 10.4. The Morgan fingerprint density at radius 1 is 0.952 bits per heavy atom. The maximum atomic E-state index is 2.38. The van der Waals surface area contributed by atoms with Gasteiger partial charge in [-0.15, -0.1) is 34.0 Å². The monoisotopic (exact) mass is 554 g/mol. The number of rotatable bonds is 3. The van der Waals surface area contributed by atoms with E-state index in [0.29, 0.717) is 0 Å². The summed E-state index contributed by atoms with van der Waals surface area (Å²) in [5.41, 5.74) is 1.37. The predicted octanol–water partition coefficient (Wildman–Crippen LogP) is 7.91. The highest BCUT2D eigenvalue weighted by atomic mass is 127. The van der Waals surface area contributed by atoms with Gasteiger partial charge in [0.1, 0.15) is 0 Å². The number of aryl methyl sites for hydroxylation is 1. The Morgan fingerprint density at radius 3 is 2.19 bits per heavy atom. The van der Waals surface area contributed by atoms with Crippen molar-refractivity contribution in [2.24, 2.45) is 0 Å². The third-order valence-corrected chi connectivity index (χ3v) is 7.82. The highest BCUT2D eigenvalue weighted by molar-refractivity contribution is 14.1. The molecule has 0 bridgehead atoms. The van der Waals surface area contributed by atoms with Crippen LogP contribution in [0.5, 0.6) is 0 Å². The molecular weight excluding hydrogens is 542 g/mol. The van der Waals surface area contributed by atoms with Crippen molar-refractivity contribution >= 4 is 85.3 Å². The molecule has 0 radical (unpaired) electrons. The van der Waals surface area contributed by atoms with Crippen molar-refractivity contribution in [1.82, 2.24) is 0 Å². The number of halogens is 2. The van der Waals surface area contributed by atoms with Crippen LogP contribution in [0.2, 0.25) is 0 Å². The minimum absolute atomic E-state index is 1.32. The summed E-state index contributed by atoms with van der Waals surface area (Å²) in [6.07, 6.45) is 2.26. The van der Waals surface area contributed by atoms with E-state index in [2.05, 4.69) is 95.4 Å². The summed E-state index contributed by atoms with van der Waals surface area (Å²) in [5.74, 6) is 0. The zero-order valence-corrected chi connectivity index (χ0v) is 18.2. The molecule has 0 aromatic carbocycles. The molecule has 0 N–H and O–H groups in total. The van der Waals surface area contributed by atoms with Gasteiger partial charge in [-0.05, 0) is 105 Å². The van der Waals surface area contributed by atoms with E-state index < -0.39 is 0 Å². The molecule has 3 heterocycles. The quantitative estimate of drug-likeness (QED) is 0.289. The summed E-state index contributed by atoms with van der Waals surface area (Å²) in [6.45, 7) is 4.34. The van der Waals surface area contributed by atoms with Crippen LogP contribution in [0.3, 0.4) is 0 Å². The van der Waals surface area contributed by atoms with Crippen LogP contribution in [-0.2, 0) is 0 Å². The van der Waals surface area contributed by atoms with E-state index in [1.807, 2.05) is 34.0 Å². The first-order valence-electron chi connectivity index (χ1n) is 6.33. The molecule has 21 heavy (non-hydrogen) atoms. The Hall–Kier alpha value is 0.300. The lowest BCUT2D eigenvalue weighted by atomic mass is 10.2. The first-order valence-corrected chi connectivity index (χ1v) is 10.9. The Bertz CT molecular complexity index is 801. The van der Waals surface area contributed by atoms with Gasteiger partial charge in [0, 0.05) is 24.4 Å². The Balaban J connectivity index is 1.95. The van der Waals surface area contributed by atoms with Crippen molar-refractivity contribution in [2.75, 3.05) is 0 Å². The largest absolute Gasteiger partial charge is 0.135 e. The van der Waals surface area contributed by atoms with Crippen molar-refractivity contribution < 1.29 is 0 Å². The second kappa shape index (κ2) is 6.82. The van der Waals surface area contributed by atoms with Crippen LogP contribution in [-0.4, -0.2) is 0 Å². The summed E-state index contributed by atoms with van der Waals surface area (Å²) in [6, 6.07) is 11.2. The van der Waals surface area contributed by atoms with Gasteiger partial charge in [-0.2, -0.15) is 0 Å². The first kappa shape index (κ1) is 16.2. The molecule has 0 fully saturated rings. The van der Waals surface area contributed by atoms with Crippen LogP contribution in [0.15, 0.2) is 33.9 Å². The fourth-order valence-corrected chi connectivity index (χ4v) is 6.49. The minimum atomic E-state index is 1.32. The molecule has 0 nitrogen and oxygen atoms in total. The first-order chi connectivity index (χ1) is 10.0. The molecule has 3 aromatic rings. The average Bonchev–Trinajstić information content (AvgIpc) is 3.09. The molecule has 3 rings (SSSR count). The highest BCUT2D eigenvalue weighted by Crippen LogP contribution is 2.41. The van der Waals surface area contributed by atoms with Crippen LogP contribution >= 0.6 is 79.2 Å². The van der Waals surface area contributed by atoms with Crippen molar-refractivity contribution in [3.05, 3.63) is 47.2 Å². The van der Waals surface area contributed by atoms with Crippen molar-refractivity contribution in [3.8, 4) is 19.5 Å². The van der Waals surface area contributed by atoms with E-state index in [9.17, 15) is 0 Å². The summed E-state index contributed by atoms with van der Waals surface area (Å²) in [5, 5.41) is 0. The van der Waals surface area contributed by atoms with Crippen molar-refractivity contribution in [1.29, 1.82) is 0 Å². The predicted molar refractivity (Wildman–Crippen MR) is 116 cm³/mol. The molecule has 0 aliphatic heterocycles. The molecule has 3 aromatic heterocycles. The number of allylic oxidation sites excluding steroid dienone is 1. The molecule has 0 spiro atoms. The van der Waals surface area contributed by atoms with Crippen LogP contribution < -0.4 is 0 Å². The Kier molecular flexibility index (Phi) is 5.25. The molecule has 108 valence electrons. The summed E-state index contributed by atoms with van der Waals surface area (Å²) in [7, 11) is 0. The van der Waals surface area contributed by atoms with Gasteiger partial charge in [-0.1, -0.05) is 0 Å². The SMILES string of the molecule is C/C(I)=C\c1sc(-c2ccc(-c3ccc(I)s3)s2)cc1C. The highest BCUT2D eigenvalue weighted by Gasteiger charge is 2.10. The van der Waals surface area contributed by atoms with Crippen molar-refractivity contribution in [2.45, 2.75) is 13.8 Å². The van der Waals surface area contributed by atoms with E-state index in [-0.39, 0.29) is 0 Å². The second-order valence-corrected chi connectivity index (χ2v) is 11.5. The second-order valence-electron chi connectivity index (χ2n) is 4.66. The van der Waals surface area contributed by atoms with Gasteiger partial charge < -0.3 is 0 Å². The molecule has 5 heteroatoms. The zero-order valence-electron chi connectivity index (χ0n) is 11.4. The molecule has 0 aliphatic rings. The van der Waals surface area contributed by atoms with Gasteiger partial charge in [-0.3, -0.25) is 0 Å². The minimum Gasteiger partial charge on any atom is -0.135 e. The topological polar surface area (TPSA) is 0 Å². The van der Waals surface area contributed by atoms with Gasteiger partial charge >= 0.3 is 0 Å². The van der Waals surface area contributed by atoms with E-state index >= 15 is 0 Å². The molecule has 0 unspecified atom stereocenters. The fraction of sp³-hybridized carbons (Fsp3) is 0.125. The Morgan fingerprint density at radius 2 is 1.57 bits per heavy atom. The van der Waals surface area contributed by atoms with E-state index in [4.69, 9.17) is 0 Å². The third-order valence-electron chi connectivity index (χ3n) is 2.95. The van der Waals surface area contributed by atoms with Gasteiger partial charge in [0.2, 0.25) is 0 Å². The maximum Gasteiger partial charge on any atom is 0.0660 e. The van der Waals surface area contributed by atoms with Crippen LogP contribution in [0.25, 0.3) is 25.6 Å². The molecule has 0 amide bonds. The normalized spacial score (nSPS) is 12.1. The molecule has 0 atom stereocenters. The van der Waals surface area contributed by atoms with Gasteiger partial charge in [0.25, 0.3) is 0 Å². The van der Waals surface area contributed by atoms with E-state index in [0.717, 1.165) is 0 Å². The lowest BCUT2D eigenvalue weighted by molar-refractivity contribution is 1.53. The van der Waals surface area contributed by atoms with Crippen LogP contribution in [0.4, 0.5) is 0 Å². The third kappa shape index (κ3) is 3.80. The summed E-state index contributed by atoms with van der Waals surface area (Å²) in [4.78, 5) is 6.85. The van der Waals surface area contributed by atoms with E-state index in [1.54, 1.807) is 0 Å². The zero-order chi connectivity index (χ0) is 15.0. The number of hydrogen-bond acceptors (Lipinski definition) is 3. The molecule has 0 aliphatic carbocycles. The Labute approximate surface area is 164 Å².